The van der Waals surface area contributed by atoms with Gasteiger partial charge in [-0.1, -0.05) is 12.1 Å². The van der Waals surface area contributed by atoms with Crippen molar-refractivity contribution in [3.63, 3.8) is 0 Å². The van der Waals surface area contributed by atoms with Crippen LogP contribution in [0.25, 0.3) is 0 Å². The molecule has 1 aromatic carbocycles. The van der Waals surface area contributed by atoms with Gasteiger partial charge in [-0.25, -0.2) is 0 Å². The molecule has 1 atom stereocenters. The number of carboxylic acid groups (broad SMARTS) is 1. The van der Waals surface area contributed by atoms with Crippen molar-refractivity contribution in [2.24, 2.45) is 5.41 Å². The first-order valence-corrected chi connectivity index (χ1v) is 6.57. The number of benzene rings is 1. The minimum Gasteiger partial charge on any atom is -0.481 e. The largest absolute Gasteiger partial charge is 0.481 e. The molecular weight excluding hydrogens is 260 g/mol. The fourth-order valence-corrected chi connectivity index (χ4v) is 2.76. The highest BCUT2D eigenvalue weighted by molar-refractivity contribution is 5.76. The third kappa shape index (κ3) is 2.45. The number of piperidine rings is 1. The van der Waals surface area contributed by atoms with E-state index in [1.807, 2.05) is 4.90 Å². The molecule has 1 aliphatic heterocycles. The monoisotopic (exact) mass is 278 g/mol. The number of hydrogen-bond acceptors (Lipinski definition) is 4. The first-order valence-electron chi connectivity index (χ1n) is 6.57. The first-order chi connectivity index (χ1) is 9.35. The molecular formula is C14H18N2O4. The van der Waals surface area contributed by atoms with Gasteiger partial charge in [0.05, 0.1) is 10.3 Å². The van der Waals surface area contributed by atoms with Gasteiger partial charge in [-0.3, -0.25) is 14.9 Å². The Kier molecular flexibility index (Phi) is 3.65. The molecule has 0 aromatic heterocycles. The summed E-state index contributed by atoms with van der Waals surface area (Å²) in [5, 5.41) is 20.6. The summed E-state index contributed by atoms with van der Waals surface area (Å²) in [5.74, 6) is -0.850. The van der Waals surface area contributed by atoms with Crippen molar-refractivity contribution in [2.45, 2.75) is 26.7 Å². The van der Waals surface area contributed by atoms with Gasteiger partial charge in [-0.2, -0.15) is 0 Å². The van der Waals surface area contributed by atoms with Crippen LogP contribution >= 0.6 is 0 Å². The number of nitro benzene ring substituents is 1. The Balaban J connectivity index is 2.40. The van der Waals surface area contributed by atoms with Gasteiger partial charge in [0.15, 0.2) is 0 Å². The number of aliphatic carboxylic acids is 1. The molecule has 0 spiro atoms. The van der Waals surface area contributed by atoms with E-state index in [-0.39, 0.29) is 5.69 Å². The smallest absolute Gasteiger partial charge is 0.311 e. The molecule has 108 valence electrons. The molecule has 0 bridgehead atoms. The number of aryl methyl sites for hydroxylation is 1. The molecule has 20 heavy (non-hydrogen) atoms. The highest BCUT2D eigenvalue weighted by atomic mass is 16.6. The zero-order valence-corrected chi connectivity index (χ0v) is 11.6. The number of carboxylic acids is 1. The van der Waals surface area contributed by atoms with Crippen molar-refractivity contribution in [1.82, 2.24) is 0 Å². The minimum atomic E-state index is -0.851. The average molecular weight is 278 g/mol. The predicted octanol–water partition coefficient (Wildman–Crippen LogP) is 2.59. The predicted molar refractivity (Wildman–Crippen MR) is 75.0 cm³/mol. The third-order valence-electron chi connectivity index (χ3n) is 3.95. The second kappa shape index (κ2) is 5.11. The van der Waals surface area contributed by atoms with E-state index in [0.29, 0.717) is 37.2 Å². The van der Waals surface area contributed by atoms with Crippen molar-refractivity contribution >= 4 is 17.3 Å². The number of anilines is 1. The topological polar surface area (TPSA) is 83.7 Å². The van der Waals surface area contributed by atoms with Crippen LogP contribution in [0.2, 0.25) is 0 Å². The Bertz CT molecular complexity index is 558. The van der Waals surface area contributed by atoms with E-state index in [2.05, 4.69) is 0 Å². The van der Waals surface area contributed by atoms with Gasteiger partial charge in [0.25, 0.3) is 5.69 Å². The van der Waals surface area contributed by atoms with Crippen LogP contribution in [-0.4, -0.2) is 29.1 Å². The lowest BCUT2D eigenvalue weighted by atomic mass is 9.82. The summed E-state index contributed by atoms with van der Waals surface area (Å²) in [6.45, 7) is 4.34. The lowest BCUT2D eigenvalue weighted by Gasteiger charge is -2.38. The summed E-state index contributed by atoms with van der Waals surface area (Å²) in [6, 6.07) is 5.16. The number of hydrogen-bond donors (Lipinski definition) is 1. The van der Waals surface area contributed by atoms with Crippen LogP contribution < -0.4 is 4.90 Å². The zero-order chi connectivity index (χ0) is 14.9. The molecule has 0 saturated carbocycles. The maximum absolute atomic E-state index is 11.4. The maximum Gasteiger partial charge on any atom is 0.311 e. The summed E-state index contributed by atoms with van der Waals surface area (Å²) in [6.07, 6.45) is 1.31. The summed E-state index contributed by atoms with van der Waals surface area (Å²) >= 11 is 0. The molecule has 1 unspecified atom stereocenters. The number of carbonyl (C=O) groups is 1. The highest BCUT2D eigenvalue weighted by Gasteiger charge is 2.39. The second-order valence-electron chi connectivity index (χ2n) is 5.59. The van der Waals surface area contributed by atoms with Crippen molar-refractivity contribution < 1.29 is 14.8 Å². The van der Waals surface area contributed by atoms with E-state index in [1.165, 1.54) is 0 Å². The Labute approximate surface area is 117 Å². The SMILES string of the molecule is Cc1cccc(N2CCCC(C)(C(=O)O)C2)c1[N+](=O)[O-]. The average Bonchev–Trinajstić information content (AvgIpc) is 2.37. The van der Waals surface area contributed by atoms with Crippen molar-refractivity contribution in [3.05, 3.63) is 33.9 Å². The van der Waals surface area contributed by atoms with Crippen LogP contribution in [0.5, 0.6) is 0 Å². The summed E-state index contributed by atoms with van der Waals surface area (Å²) in [7, 11) is 0. The molecule has 1 aliphatic rings. The fourth-order valence-electron chi connectivity index (χ4n) is 2.76. The molecule has 0 radical (unpaired) electrons. The van der Waals surface area contributed by atoms with Crippen molar-refractivity contribution in [1.29, 1.82) is 0 Å². The van der Waals surface area contributed by atoms with Gasteiger partial charge >= 0.3 is 5.97 Å². The molecule has 1 fully saturated rings. The van der Waals surface area contributed by atoms with Crippen LogP contribution in [0.15, 0.2) is 18.2 Å². The van der Waals surface area contributed by atoms with Crippen LogP contribution in [0.1, 0.15) is 25.3 Å². The van der Waals surface area contributed by atoms with E-state index >= 15 is 0 Å². The van der Waals surface area contributed by atoms with Crippen LogP contribution in [0.3, 0.4) is 0 Å². The van der Waals surface area contributed by atoms with E-state index in [9.17, 15) is 20.0 Å². The summed E-state index contributed by atoms with van der Waals surface area (Å²) in [4.78, 5) is 24.1. The number of nitrogens with zero attached hydrogens (tertiary/aromatic N) is 2. The van der Waals surface area contributed by atoms with Crippen molar-refractivity contribution in [2.75, 3.05) is 18.0 Å². The maximum atomic E-state index is 11.4. The molecule has 1 saturated heterocycles. The van der Waals surface area contributed by atoms with Gasteiger partial charge in [0, 0.05) is 18.7 Å². The third-order valence-corrected chi connectivity index (χ3v) is 3.95. The van der Waals surface area contributed by atoms with Crippen LogP contribution in [0.4, 0.5) is 11.4 Å². The first kappa shape index (κ1) is 14.3. The summed E-state index contributed by atoms with van der Waals surface area (Å²) < 4.78 is 0. The molecule has 6 nitrogen and oxygen atoms in total. The fraction of sp³-hybridized carbons (Fsp3) is 0.500. The van der Waals surface area contributed by atoms with Gasteiger partial charge in [-0.15, -0.1) is 0 Å². The Morgan fingerprint density at radius 2 is 2.20 bits per heavy atom. The van der Waals surface area contributed by atoms with E-state index < -0.39 is 16.3 Å². The van der Waals surface area contributed by atoms with Crippen molar-refractivity contribution in [3.8, 4) is 0 Å². The number of nitro groups is 1. The molecule has 0 aliphatic carbocycles. The standard InChI is InChI=1S/C14H18N2O4/c1-10-5-3-6-11(12(10)16(19)20)15-8-4-7-14(2,9-15)13(17)18/h3,5-6H,4,7-9H2,1-2H3,(H,17,18). The summed E-state index contributed by atoms with van der Waals surface area (Å²) in [5.41, 5.74) is 0.329. The van der Waals surface area contributed by atoms with E-state index in [0.717, 1.165) is 0 Å². The molecule has 6 heteroatoms. The van der Waals surface area contributed by atoms with Crippen LogP contribution in [-0.2, 0) is 4.79 Å². The Morgan fingerprint density at radius 1 is 1.50 bits per heavy atom. The van der Waals surface area contributed by atoms with Gasteiger partial charge in [0.2, 0.25) is 0 Å². The lowest BCUT2D eigenvalue weighted by Crippen LogP contribution is -2.46. The Morgan fingerprint density at radius 3 is 2.80 bits per heavy atom. The van der Waals surface area contributed by atoms with Gasteiger partial charge in [-0.05, 0) is 32.8 Å². The molecule has 1 N–H and O–H groups in total. The lowest BCUT2D eigenvalue weighted by molar-refractivity contribution is -0.384. The molecule has 1 aromatic rings. The normalized spacial score (nSPS) is 22.6. The zero-order valence-electron chi connectivity index (χ0n) is 11.6. The number of para-hydroxylation sites is 1. The van der Waals surface area contributed by atoms with Gasteiger partial charge < -0.3 is 10.0 Å². The van der Waals surface area contributed by atoms with Crippen LogP contribution in [0, 0.1) is 22.5 Å². The van der Waals surface area contributed by atoms with E-state index in [4.69, 9.17) is 0 Å². The molecule has 2 rings (SSSR count). The molecule has 0 amide bonds. The number of rotatable bonds is 3. The minimum absolute atomic E-state index is 0.0714. The molecule has 1 heterocycles. The second-order valence-corrected chi connectivity index (χ2v) is 5.59. The Hall–Kier alpha value is -2.11. The highest BCUT2D eigenvalue weighted by Crippen LogP contribution is 2.37. The van der Waals surface area contributed by atoms with Gasteiger partial charge in [0.1, 0.15) is 5.69 Å². The quantitative estimate of drug-likeness (QED) is 0.678. The van der Waals surface area contributed by atoms with E-state index in [1.54, 1.807) is 32.0 Å².